The molecule has 21 N–H and O–H groups in total. The lowest BCUT2D eigenvalue weighted by Crippen LogP contribution is -2.62. The molecule has 3 saturated heterocycles. The summed E-state index contributed by atoms with van der Waals surface area (Å²) in [4.78, 5) is 279. The molecule has 9 rings (SSSR count). The quantitative estimate of drug-likeness (QED) is 0.0290. The number of para-hydroxylation sites is 2. The molecule has 0 saturated carbocycles. The lowest BCUT2D eigenvalue weighted by molar-refractivity contribution is -0.149. The van der Waals surface area contributed by atoms with Gasteiger partial charge < -0.3 is 125 Å². The number of thioether (sulfide) groups is 1. The second-order valence-corrected chi connectivity index (χ2v) is 37.0. The SMILES string of the molecule is CCCC[C@H]1C(=O)N(C)[C@@H](CCCC)C(=O)N[C@@H](CC(C)C)C(=O)N[C@H](C(=O)NCC(N)=O)CSCC(=O)N[C@@H](Cc2ccc(O)cc2)C(=O)N(C)[C@@H](C)C(=O)N[C@@H](CC(N)=O)C(=O)N2CCCC2C(=O)N[C@@H](CN)C(=O)N[C@@H](CC(C)C)C(=O)N2C[C@H](O)C[C@H]2C(=O)N[C@@H](Cc2c[nH]c3ccccc23)C(=O)N[C@@H](Cc2cnc[nH]2)C(=O)N[C@@H](Cc2cn(CC(=O)O)c3ccccc23)C(=O)N1C. The highest BCUT2D eigenvalue weighted by atomic mass is 32.2. The van der Waals surface area contributed by atoms with Gasteiger partial charge in [-0.2, -0.15) is 0 Å². The number of aliphatic hydroxyl groups is 1. The van der Waals surface area contributed by atoms with Gasteiger partial charge in [0.15, 0.2) is 0 Å². The standard InChI is InChI=1S/C93H130N22O21S/c1-11-13-23-72-86(129)103-62(32-50(3)4)82(125)109-70(81(124)99-43-77(96)119)47-137-48-78(120)101-66(34-53-27-29-57(116)30-28-53)89(132)110(8)52(7)80(123)105-68(39-76(95)118)91(134)114-31-19-26-73(114)87(130)108-69(40-94)85(128)106-65(33-51(5)6)92(135)115-45-58(117)38-75(115)88(131)104-63(35-54-41-98-61-22-17-15-20-59(54)61)83(126)102-64(37-56-42-97-49-100-56)84(127)107-67(90(133)112(10)74(24-14-12-2)93(136)111(72)9)36-55-44-113(46-79(121)122)71-25-18-16-21-60(55)71/h15-18,20-22,25,27-30,41-42,44,49-52,58,62-70,72-75,98,116-117H,11-14,19,23-24,26,31-40,43,45-48,94H2,1-10H3,(H2,95,118)(H2,96,119)(H,97,100)(H,99,124)(H,101,120)(H,102,126)(H,103,129)(H,104,131)(H,105,123)(H,106,128)(H,107,127)(H,108,130)(H,109,125)(H,121,122)/t52-,58+,62-,63-,64-,65-,66-,67-,68-,69-,70-,72-,73?,74-,75-/m0/s1. The number of likely N-dealkylation sites (N-methyl/N-ethyl adjacent to an activating group) is 3. The third-order valence-electron chi connectivity index (χ3n) is 24.6. The molecule has 3 aliphatic heterocycles. The van der Waals surface area contributed by atoms with E-state index in [0.717, 1.165) is 31.4 Å². The van der Waals surface area contributed by atoms with E-state index in [1.165, 1.54) is 80.5 Å². The maximum absolute atomic E-state index is 16.1. The van der Waals surface area contributed by atoms with E-state index in [0.29, 0.717) is 64.2 Å². The van der Waals surface area contributed by atoms with E-state index in [4.69, 9.17) is 17.2 Å². The number of fused-ring (bicyclic) bond motifs is 4. The number of carbonyl (C=O) groups excluding carboxylic acids is 17. The minimum Gasteiger partial charge on any atom is -0.508 e. The molecule has 43 nitrogen and oxygen atoms in total. The van der Waals surface area contributed by atoms with Crippen molar-refractivity contribution in [2.45, 2.75) is 248 Å². The van der Waals surface area contributed by atoms with Gasteiger partial charge in [-0.3, -0.25) is 86.3 Å². The number of nitrogens with one attached hydrogen (secondary N) is 12. The van der Waals surface area contributed by atoms with Crippen LogP contribution in [0.25, 0.3) is 21.8 Å². The van der Waals surface area contributed by atoms with E-state index in [1.807, 2.05) is 13.8 Å². The largest absolute Gasteiger partial charge is 0.508 e. The van der Waals surface area contributed by atoms with Crippen LogP contribution in [0.1, 0.15) is 148 Å². The minimum atomic E-state index is -1.77. The van der Waals surface area contributed by atoms with Crippen LogP contribution in [0, 0.1) is 11.8 Å². The Bertz CT molecular complexity index is 5320. The number of imidazole rings is 1. The molecule has 6 heterocycles. The van der Waals surface area contributed by atoms with Crippen LogP contribution in [0.3, 0.4) is 0 Å². The molecular weight excluding hydrogens is 1790 g/mol. The zero-order chi connectivity index (χ0) is 100. The van der Waals surface area contributed by atoms with Gasteiger partial charge in [0.05, 0.1) is 31.1 Å². The van der Waals surface area contributed by atoms with E-state index in [2.05, 4.69) is 68.1 Å². The molecule has 15 atom stereocenters. The Morgan fingerprint density at radius 1 is 0.562 bits per heavy atom. The Kier molecular flexibility index (Phi) is 39.4. The van der Waals surface area contributed by atoms with Crippen molar-refractivity contribution in [3.8, 4) is 5.75 Å². The number of benzene rings is 3. The van der Waals surface area contributed by atoms with E-state index in [9.17, 15) is 68.1 Å². The number of nitrogens with two attached hydrogens (primary N) is 3. The normalized spacial score (nSPS) is 24.7. The summed E-state index contributed by atoms with van der Waals surface area (Å²) < 4.78 is 1.44. The van der Waals surface area contributed by atoms with Crippen molar-refractivity contribution >= 4 is 140 Å². The molecule has 1 unspecified atom stereocenters. The number of primary amides is 2. The first-order valence-electron chi connectivity index (χ1n) is 46.1. The number of aromatic hydroxyl groups is 1. The summed E-state index contributed by atoms with van der Waals surface area (Å²) in [5.41, 5.74) is 20.0. The predicted octanol–water partition coefficient (Wildman–Crippen LogP) is -1.62. The molecule has 6 aromatic rings. The van der Waals surface area contributed by atoms with Crippen molar-refractivity contribution in [2.24, 2.45) is 29.0 Å². The maximum atomic E-state index is 16.1. The number of phenolic OH excluding ortho intramolecular Hbond substituents is 1. The Morgan fingerprint density at radius 3 is 1.76 bits per heavy atom. The van der Waals surface area contributed by atoms with E-state index < -0.39 is 248 Å². The highest BCUT2D eigenvalue weighted by molar-refractivity contribution is 8.00. The van der Waals surface area contributed by atoms with Crippen LogP contribution >= 0.6 is 11.8 Å². The Morgan fingerprint density at radius 2 is 1.12 bits per heavy atom. The number of rotatable bonds is 26. The van der Waals surface area contributed by atoms with Crippen molar-refractivity contribution in [3.05, 3.63) is 120 Å². The molecule has 0 bridgehead atoms. The summed E-state index contributed by atoms with van der Waals surface area (Å²) in [6.45, 7) is 9.52. The van der Waals surface area contributed by atoms with Crippen LogP contribution in [-0.4, -0.2) is 315 Å². The summed E-state index contributed by atoms with van der Waals surface area (Å²) in [7, 11) is 3.92. The Hall–Kier alpha value is -13.5. The number of phenols is 1. The zero-order valence-electron chi connectivity index (χ0n) is 78.8. The van der Waals surface area contributed by atoms with Crippen molar-refractivity contribution in [2.75, 3.05) is 58.8 Å². The van der Waals surface area contributed by atoms with Gasteiger partial charge in [0.2, 0.25) is 100 Å². The van der Waals surface area contributed by atoms with E-state index in [1.54, 1.807) is 82.4 Å². The van der Waals surface area contributed by atoms with Gasteiger partial charge in [0.25, 0.3) is 0 Å². The number of hydrogen-bond acceptors (Lipinski definition) is 23. The van der Waals surface area contributed by atoms with E-state index in [-0.39, 0.29) is 94.0 Å². The highest BCUT2D eigenvalue weighted by Crippen LogP contribution is 2.29. The molecule has 3 aromatic heterocycles. The number of nitrogens with zero attached hydrogens (tertiary/aromatic N) is 7. The summed E-state index contributed by atoms with van der Waals surface area (Å²) in [5.74, 6) is -18.9. The van der Waals surface area contributed by atoms with Crippen LogP contribution in [-0.2, 0) is 119 Å². The molecule has 44 heteroatoms. The summed E-state index contributed by atoms with van der Waals surface area (Å²) >= 11 is 0.785. The second-order valence-electron chi connectivity index (χ2n) is 36.0. The van der Waals surface area contributed by atoms with Crippen LogP contribution < -0.4 is 70.4 Å². The number of carbonyl (C=O) groups is 18. The van der Waals surface area contributed by atoms with Crippen LogP contribution in [0.2, 0.25) is 0 Å². The molecule has 3 aliphatic rings. The lowest BCUT2D eigenvalue weighted by atomic mass is 9.99. The maximum Gasteiger partial charge on any atom is 0.323 e. The number of H-pyrrole nitrogens is 2. The zero-order valence-corrected chi connectivity index (χ0v) is 79.6. The summed E-state index contributed by atoms with van der Waals surface area (Å²) in [6, 6.07) is -2.29. The number of aromatic nitrogens is 4. The average molecular weight is 1920 g/mol. The van der Waals surface area contributed by atoms with Crippen LogP contribution in [0.4, 0.5) is 0 Å². The third kappa shape index (κ3) is 29.5. The van der Waals surface area contributed by atoms with Gasteiger partial charge in [-0.25, -0.2) is 4.98 Å². The molecule has 0 aliphatic carbocycles. The number of carboxylic acids is 1. The average Bonchev–Trinajstić information content (AvgIpc) is 1.54. The molecule has 744 valence electrons. The molecular formula is C93H130N22O21S. The monoisotopic (exact) mass is 1920 g/mol. The first kappa shape index (κ1) is 107. The fourth-order valence-corrected chi connectivity index (χ4v) is 18.1. The van der Waals surface area contributed by atoms with Crippen molar-refractivity contribution < 1.29 is 102 Å². The number of aromatic amines is 2. The fraction of sp³-hybridized carbons (Fsp3) is 0.538. The highest BCUT2D eigenvalue weighted by Gasteiger charge is 2.47. The van der Waals surface area contributed by atoms with Gasteiger partial charge in [-0.05, 0) is 98.2 Å². The van der Waals surface area contributed by atoms with Crippen molar-refractivity contribution in [1.29, 1.82) is 0 Å². The fourth-order valence-electron chi connectivity index (χ4n) is 17.2. The number of carboxylic acid groups (broad SMARTS) is 1. The van der Waals surface area contributed by atoms with Gasteiger partial charge in [0, 0.05) is 125 Å². The van der Waals surface area contributed by atoms with Gasteiger partial charge in [0.1, 0.15) is 96.9 Å². The molecule has 3 aromatic carbocycles. The van der Waals surface area contributed by atoms with E-state index >= 15 is 33.6 Å². The smallest absolute Gasteiger partial charge is 0.323 e. The number of aliphatic hydroxyl groups excluding tert-OH is 1. The van der Waals surface area contributed by atoms with Crippen molar-refractivity contribution in [3.63, 3.8) is 0 Å². The summed E-state index contributed by atoms with van der Waals surface area (Å²) in [5, 5.41) is 59.7. The van der Waals surface area contributed by atoms with Gasteiger partial charge in [-0.1, -0.05) is 116 Å². The topological polar surface area (TPSA) is 632 Å². The number of amides is 17. The van der Waals surface area contributed by atoms with Gasteiger partial charge >= 0.3 is 5.97 Å². The first-order valence-corrected chi connectivity index (χ1v) is 47.3. The molecule has 0 radical (unpaired) electrons. The number of aliphatic carboxylic acids is 1. The Labute approximate surface area is 797 Å². The summed E-state index contributed by atoms with van der Waals surface area (Å²) in [6.07, 6.45) is 3.52. The Balaban J connectivity index is 1.12. The molecule has 137 heavy (non-hydrogen) atoms. The molecule has 0 spiro atoms. The van der Waals surface area contributed by atoms with Crippen LogP contribution in [0.5, 0.6) is 5.75 Å². The second kappa shape index (κ2) is 50.3. The van der Waals surface area contributed by atoms with Crippen LogP contribution in [0.15, 0.2) is 97.7 Å². The number of hydrogen-bond donors (Lipinski definition) is 18. The predicted molar refractivity (Wildman–Crippen MR) is 503 cm³/mol. The minimum absolute atomic E-state index is 0.00228. The first-order chi connectivity index (χ1) is 65.1. The number of unbranched alkanes of at least 4 members (excludes halogenated alkanes) is 2. The molecule has 17 amide bonds. The lowest BCUT2D eigenvalue weighted by Gasteiger charge is -2.36. The van der Waals surface area contributed by atoms with Gasteiger partial charge in [-0.15, -0.1) is 11.8 Å². The van der Waals surface area contributed by atoms with Crippen molar-refractivity contribution in [1.82, 2.24) is 97.2 Å². The third-order valence-corrected chi connectivity index (χ3v) is 25.6. The molecule has 3 fully saturated rings.